The molecule has 162 valence electrons. The zero-order valence-electron chi connectivity index (χ0n) is 18.0. The van der Waals surface area contributed by atoms with E-state index in [9.17, 15) is 9.90 Å². The summed E-state index contributed by atoms with van der Waals surface area (Å²) in [6.07, 6.45) is 7.24. The molecule has 7 heteroatoms. The first-order valence-electron chi connectivity index (χ1n) is 11.3. The van der Waals surface area contributed by atoms with Gasteiger partial charge in [0.15, 0.2) is 0 Å². The molecule has 3 aromatic heterocycles. The molecule has 6 rings (SSSR count). The van der Waals surface area contributed by atoms with Gasteiger partial charge in [-0.25, -0.2) is 9.78 Å². The van der Waals surface area contributed by atoms with Crippen LogP contribution in [0.5, 0.6) is 0 Å². The standard InChI is InChI=1S/C25H25N5O2/c1-15-3-2-4-20(27-15)22-23(30-19-6-5-18(13-19)24(30)28-22)17-7-10-26-21(14-17)16-8-11-29(12-9-16)25(31)32/h2-4,7-8,10,14,18-19H,5-6,9,11-13H2,1H3,(H,31,32). The first-order chi connectivity index (χ1) is 15.6. The van der Waals surface area contributed by atoms with Gasteiger partial charge in [-0.05, 0) is 62.4 Å². The van der Waals surface area contributed by atoms with Crippen molar-refractivity contribution < 1.29 is 9.90 Å². The predicted molar refractivity (Wildman–Crippen MR) is 121 cm³/mol. The third-order valence-corrected chi connectivity index (χ3v) is 7.05. The van der Waals surface area contributed by atoms with E-state index in [1.807, 2.05) is 37.4 Å². The summed E-state index contributed by atoms with van der Waals surface area (Å²) < 4.78 is 2.45. The zero-order chi connectivity index (χ0) is 21.8. The molecule has 0 radical (unpaired) electrons. The third-order valence-electron chi connectivity index (χ3n) is 7.05. The lowest BCUT2D eigenvalue weighted by Gasteiger charge is -2.23. The molecule has 0 saturated heterocycles. The Kier molecular flexibility index (Phi) is 4.38. The van der Waals surface area contributed by atoms with E-state index in [1.165, 1.54) is 30.0 Å². The van der Waals surface area contributed by atoms with Crippen LogP contribution in [0.4, 0.5) is 4.79 Å². The second kappa shape index (κ2) is 7.29. The van der Waals surface area contributed by atoms with Crippen LogP contribution in [0, 0.1) is 6.92 Å². The molecule has 0 aromatic carbocycles. The fourth-order valence-corrected chi connectivity index (χ4v) is 5.49. The topological polar surface area (TPSA) is 84.1 Å². The van der Waals surface area contributed by atoms with Crippen LogP contribution in [0.2, 0.25) is 0 Å². The number of hydrogen-bond donors (Lipinski definition) is 1. The number of amides is 1. The molecule has 2 aliphatic heterocycles. The molecule has 2 bridgehead atoms. The Morgan fingerprint density at radius 3 is 2.84 bits per heavy atom. The summed E-state index contributed by atoms with van der Waals surface area (Å²) in [7, 11) is 0. The third kappa shape index (κ3) is 3.03. The van der Waals surface area contributed by atoms with Gasteiger partial charge in [0, 0.05) is 42.5 Å². The summed E-state index contributed by atoms with van der Waals surface area (Å²) in [5.74, 6) is 1.74. The normalized spacial score (nSPS) is 21.5. The van der Waals surface area contributed by atoms with Gasteiger partial charge in [0.1, 0.15) is 11.5 Å². The molecule has 32 heavy (non-hydrogen) atoms. The molecule has 1 amide bonds. The Hall–Kier alpha value is -3.48. The van der Waals surface area contributed by atoms with Crippen LogP contribution in [0.15, 0.2) is 42.6 Å². The molecule has 0 spiro atoms. The van der Waals surface area contributed by atoms with E-state index in [0.29, 0.717) is 31.5 Å². The molecule has 1 saturated carbocycles. The Bertz CT molecular complexity index is 1260. The highest BCUT2D eigenvalue weighted by atomic mass is 16.4. The van der Waals surface area contributed by atoms with Crippen LogP contribution in [-0.2, 0) is 0 Å². The van der Waals surface area contributed by atoms with E-state index in [1.54, 1.807) is 0 Å². The van der Waals surface area contributed by atoms with E-state index in [0.717, 1.165) is 39.6 Å². The van der Waals surface area contributed by atoms with Gasteiger partial charge >= 0.3 is 6.09 Å². The average molecular weight is 428 g/mol. The zero-order valence-corrected chi connectivity index (χ0v) is 18.0. The largest absolute Gasteiger partial charge is 0.465 e. The number of carboxylic acid groups (broad SMARTS) is 1. The Balaban J connectivity index is 1.46. The summed E-state index contributed by atoms with van der Waals surface area (Å²) in [5.41, 5.74) is 7.09. The maximum Gasteiger partial charge on any atom is 0.407 e. The smallest absolute Gasteiger partial charge is 0.407 e. The SMILES string of the molecule is Cc1cccc(-c2nc3n(c2-c2ccnc(C4=CCN(C(=O)O)CC4)c2)C2CCC3C2)n1. The van der Waals surface area contributed by atoms with Crippen molar-refractivity contribution in [3.8, 4) is 22.6 Å². The monoisotopic (exact) mass is 427 g/mol. The van der Waals surface area contributed by atoms with Gasteiger partial charge in [-0.3, -0.25) is 9.97 Å². The average Bonchev–Trinajstić information content (AvgIpc) is 3.52. The molecule has 2 atom stereocenters. The highest BCUT2D eigenvalue weighted by molar-refractivity contribution is 5.80. The van der Waals surface area contributed by atoms with Crippen LogP contribution in [0.1, 0.15) is 54.9 Å². The lowest BCUT2D eigenvalue weighted by Crippen LogP contribution is -2.33. The van der Waals surface area contributed by atoms with Crippen LogP contribution in [-0.4, -0.2) is 48.7 Å². The van der Waals surface area contributed by atoms with E-state index in [-0.39, 0.29) is 0 Å². The number of hydrogen-bond acceptors (Lipinski definition) is 4. The minimum absolute atomic E-state index is 0.404. The first kappa shape index (κ1) is 19.2. The van der Waals surface area contributed by atoms with Gasteiger partial charge in [-0.15, -0.1) is 0 Å². The van der Waals surface area contributed by atoms with E-state index in [2.05, 4.69) is 21.7 Å². The van der Waals surface area contributed by atoms with E-state index in [4.69, 9.17) is 9.97 Å². The van der Waals surface area contributed by atoms with Gasteiger partial charge in [-0.2, -0.15) is 0 Å². The van der Waals surface area contributed by atoms with Crippen LogP contribution < -0.4 is 0 Å². The maximum atomic E-state index is 11.2. The maximum absolute atomic E-state index is 11.2. The molecule has 3 aromatic rings. The van der Waals surface area contributed by atoms with Crippen molar-refractivity contribution in [2.75, 3.05) is 13.1 Å². The number of aromatic nitrogens is 4. The number of carbonyl (C=O) groups is 1. The molecule has 3 aliphatic rings. The first-order valence-corrected chi connectivity index (χ1v) is 11.3. The Morgan fingerprint density at radius 2 is 2.06 bits per heavy atom. The highest BCUT2D eigenvalue weighted by Crippen LogP contribution is 2.52. The van der Waals surface area contributed by atoms with E-state index >= 15 is 0 Å². The summed E-state index contributed by atoms with van der Waals surface area (Å²) in [5, 5.41) is 9.23. The van der Waals surface area contributed by atoms with Crippen LogP contribution in [0.3, 0.4) is 0 Å². The molecule has 1 aliphatic carbocycles. The molecular weight excluding hydrogens is 402 g/mol. The summed E-state index contributed by atoms with van der Waals surface area (Å²) >= 11 is 0. The number of rotatable bonds is 3. The molecular formula is C25H25N5O2. The quantitative estimate of drug-likeness (QED) is 0.642. The Labute approximate surface area is 186 Å². The molecule has 7 nitrogen and oxygen atoms in total. The molecule has 2 unspecified atom stereocenters. The highest BCUT2D eigenvalue weighted by Gasteiger charge is 2.41. The van der Waals surface area contributed by atoms with Gasteiger partial charge in [0.05, 0.1) is 17.1 Å². The number of aryl methyl sites for hydroxylation is 1. The summed E-state index contributed by atoms with van der Waals surface area (Å²) in [4.78, 5) is 27.2. The number of nitrogens with zero attached hydrogens (tertiary/aromatic N) is 5. The molecule has 1 N–H and O–H groups in total. The van der Waals surface area contributed by atoms with Crippen LogP contribution >= 0.6 is 0 Å². The molecule has 1 fully saturated rings. The van der Waals surface area contributed by atoms with Crippen molar-refractivity contribution in [1.82, 2.24) is 24.4 Å². The van der Waals surface area contributed by atoms with E-state index < -0.39 is 6.09 Å². The summed E-state index contributed by atoms with van der Waals surface area (Å²) in [6, 6.07) is 10.8. The minimum Gasteiger partial charge on any atom is -0.465 e. The van der Waals surface area contributed by atoms with Crippen LogP contribution in [0.25, 0.3) is 28.2 Å². The van der Waals surface area contributed by atoms with Crippen molar-refractivity contribution >= 4 is 11.7 Å². The number of imidazole rings is 1. The van der Waals surface area contributed by atoms with Crippen molar-refractivity contribution in [3.05, 3.63) is 59.8 Å². The number of pyridine rings is 2. The van der Waals surface area contributed by atoms with Gasteiger partial charge in [0.2, 0.25) is 0 Å². The summed E-state index contributed by atoms with van der Waals surface area (Å²) in [6.45, 7) is 2.91. The van der Waals surface area contributed by atoms with Crippen molar-refractivity contribution in [2.45, 2.75) is 44.6 Å². The fraction of sp³-hybridized carbons (Fsp3) is 0.360. The van der Waals surface area contributed by atoms with Gasteiger partial charge < -0.3 is 14.6 Å². The second-order valence-corrected chi connectivity index (χ2v) is 9.00. The van der Waals surface area contributed by atoms with Crippen molar-refractivity contribution in [1.29, 1.82) is 0 Å². The molecule has 5 heterocycles. The van der Waals surface area contributed by atoms with Gasteiger partial charge in [0.25, 0.3) is 0 Å². The minimum atomic E-state index is -0.873. The predicted octanol–water partition coefficient (Wildman–Crippen LogP) is 4.90. The lowest BCUT2D eigenvalue weighted by atomic mass is 10.0. The second-order valence-electron chi connectivity index (χ2n) is 9.00. The number of fused-ring (bicyclic) bond motifs is 5. The lowest BCUT2D eigenvalue weighted by molar-refractivity contribution is 0.150. The van der Waals surface area contributed by atoms with Gasteiger partial charge in [-0.1, -0.05) is 12.1 Å². The Morgan fingerprint density at radius 1 is 1.16 bits per heavy atom. The fourth-order valence-electron chi connectivity index (χ4n) is 5.49. The van der Waals surface area contributed by atoms with Crippen molar-refractivity contribution in [2.24, 2.45) is 0 Å². The van der Waals surface area contributed by atoms with Crippen molar-refractivity contribution in [3.63, 3.8) is 0 Å².